The van der Waals surface area contributed by atoms with Crippen LogP contribution in [0.25, 0.3) is 0 Å². The summed E-state index contributed by atoms with van der Waals surface area (Å²) in [5.41, 5.74) is 1.04. The quantitative estimate of drug-likeness (QED) is 0.737. The van der Waals surface area contributed by atoms with E-state index in [1.54, 1.807) is 38.2 Å². The number of aliphatic carboxylic acids is 1. The minimum absolute atomic E-state index is 0.145. The number of carbonyl (C=O) groups excluding carboxylic acids is 1. The maximum absolute atomic E-state index is 11.9. The lowest BCUT2D eigenvalue weighted by atomic mass is 10.1. The van der Waals surface area contributed by atoms with Crippen molar-refractivity contribution in [3.63, 3.8) is 0 Å². The Morgan fingerprint density at radius 2 is 2.00 bits per heavy atom. The second kappa shape index (κ2) is 7.49. The monoisotopic (exact) mass is 280 g/mol. The Morgan fingerprint density at radius 3 is 2.60 bits per heavy atom. The van der Waals surface area contributed by atoms with Crippen molar-refractivity contribution in [3.05, 3.63) is 29.8 Å². The zero-order valence-corrected chi connectivity index (χ0v) is 11.7. The van der Waals surface area contributed by atoms with Gasteiger partial charge >= 0.3 is 12.0 Å². The van der Waals surface area contributed by atoms with E-state index in [9.17, 15) is 14.7 Å². The maximum atomic E-state index is 11.9. The van der Waals surface area contributed by atoms with Gasteiger partial charge in [0, 0.05) is 19.3 Å². The first-order valence-corrected chi connectivity index (χ1v) is 6.40. The van der Waals surface area contributed by atoms with E-state index in [1.165, 1.54) is 4.90 Å². The van der Waals surface area contributed by atoms with Gasteiger partial charge in [-0.05, 0) is 25.0 Å². The van der Waals surface area contributed by atoms with Gasteiger partial charge in [-0.2, -0.15) is 0 Å². The number of benzene rings is 1. The molecule has 0 aromatic heterocycles. The van der Waals surface area contributed by atoms with Crippen LogP contribution in [0.5, 0.6) is 0 Å². The zero-order valence-electron chi connectivity index (χ0n) is 11.7. The predicted molar refractivity (Wildman–Crippen MR) is 75.7 cm³/mol. The summed E-state index contributed by atoms with van der Waals surface area (Å²) in [4.78, 5) is 24.2. The lowest BCUT2D eigenvalue weighted by Crippen LogP contribution is -2.33. The first-order valence-electron chi connectivity index (χ1n) is 6.40. The smallest absolute Gasteiger partial charge is 0.321 e. The summed E-state index contributed by atoms with van der Waals surface area (Å²) in [6.07, 6.45) is -0.126. The summed E-state index contributed by atoms with van der Waals surface area (Å²) in [6.45, 7) is 2.08. The van der Waals surface area contributed by atoms with Crippen molar-refractivity contribution < 1.29 is 19.8 Å². The van der Waals surface area contributed by atoms with E-state index in [4.69, 9.17) is 5.11 Å². The molecule has 0 radical (unpaired) electrons. The minimum atomic E-state index is -0.950. The molecule has 3 N–H and O–H groups in total. The number of carbonyl (C=O) groups is 2. The molecule has 0 spiro atoms. The number of rotatable bonds is 6. The van der Waals surface area contributed by atoms with Crippen molar-refractivity contribution in [2.24, 2.45) is 0 Å². The van der Waals surface area contributed by atoms with E-state index < -0.39 is 12.1 Å². The summed E-state index contributed by atoms with van der Waals surface area (Å²) in [5.74, 6) is -0.950. The van der Waals surface area contributed by atoms with Crippen LogP contribution in [0.1, 0.15) is 18.9 Å². The summed E-state index contributed by atoms with van der Waals surface area (Å²) < 4.78 is 0. The number of anilines is 1. The highest BCUT2D eigenvalue weighted by Gasteiger charge is 2.12. The predicted octanol–water partition coefficient (Wildman–Crippen LogP) is 1.55. The number of carboxylic acids is 1. The SMILES string of the molecule is CC(O)CCN(C)C(=O)Nc1ccccc1CC(=O)O. The molecular weight excluding hydrogens is 260 g/mol. The number of aliphatic hydroxyl groups excluding tert-OH is 1. The van der Waals surface area contributed by atoms with Crippen LogP contribution in [-0.4, -0.2) is 46.8 Å². The molecular formula is C14H20N2O4. The molecule has 0 aliphatic heterocycles. The molecule has 0 fully saturated rings. The Kier molecular flexibility index (Phi) is 5.99. The fourth-order valence-corrected chi connectivity index (χ4v) is 1.65. The van der Waals surface area contributed by atoms with Crippen LogP contribution in [0.15, 0.2) is 24.3 Å². The molecule has 20 heavy (non-hydrogen) atoms. The molecule has 110 valence electrons. The molecule has 0 saturated heterocycles. The topological polar surface area (TPSA) is 89.9 Å². The number of hydrogen-bond acceptors (Lipinski definition) is 3. The van der Waals surface area contributed by atoms with Crippen molar-refractivity contribution >= 4 is 17.7 Å². The van der Waals surface area contributed by atoms with Crippen LogP contribution in [-0.2, 0) is 11.2 Å². The first kappa shape index (κ1) is 16.0. The number of urea groups is 1. The summed E-state index contributed by atoms with van der Waals surface area (Å²) >= 11 is 0. The highest BCUT2D eigenvalue weighted by atomic mass is 16.4. The average Bonchev–Trinajstić information content (AvgIpc) is 2.37. The molecule has 6 nitrogen and oxygen atoms in total. The van der Waals surface area contributed by atoms with Gasteiger partial charge in [-0.3, -0.25) is 4.79 Å². The van der Waals surface area contributed by atoms with E-state index in [0.29, 0.717) is 24.2 Å². The number of carboxylic acid groups (broad SMARTS) is 1. The Labute approximate surface area is 118 Å². The Hall–Kier alpha value is -2.08. The van der Waals surface area contributed by atoms with E-state index in [-0.39, 0.29) is 12.5 Å². The van der Waals surface area contributed by atoms with Gasteiger partial charge in [-0.25, -0.2) is 4.79 Å². The maximum Gasteiger partial charge on any atom is 0.321 e. The average molecular weight is 280 g/mol. The number of amides is 2. The van der Waals surface area contributed by atoms with Gasteiger partial charge < -0.3 is 20.4 Å². The van der Waals surface area contributed by atoms with Crippen molar-refractivity contribution in [1.82, 2.24) is 4.90 Å². The molecule has 0 bridgehead atoms. The normalized spacial score (nSPS) is 11.8. The molecule has 0 aliphatic carbocycles. The molecule has 1 atom stereocenters. The molecule has 1 aromatic rings. The van der Waals surface area contributed by atoms with Crippen LogP contribution in [0.2, 0.25) is 0 Å². The highest BCUT2D eigenvalue weighted by Crippen LogP contribution is 2.16. The molecule has 0 aliphatic rings. The van der Waals surface area contributed by atoms with Crippen molar-refractivity contribution in [2.75, 3.05) is 18.9 Å². The second-order valence-corrected chi connectivity index (χ2v) is 4.72. The molecule has 1 aromatic carbocycles. The summed E-state index contributed by atoms with van der Waals surface area (Å²) in [7, 11) is 1.62. The Morgan fingerprint density at radius 1 is 1.35 bits per heavy atom. The minimum Gasteiger partial charge on any atom is -0.481 e. The first-order chi connectivity index (χ1) is 9.40. The van der Waals surface area contributed by atoms with Crippen molar-refractivity contribution in [1.29, 1.82) is 0 Å². The molecule has 1 unspecified atom stereocenters. The standard InChI is InChI=1S/C14H20N2O4/c1-10(17)7-8-16(2)14(20)15-12-6-4-3-5-11(12)9-13(18)19/h3-6,10,17H,7-9H2,1-2H3,(H,15,20)(H,18,19). The van der Waals surface area contributed by atoms with Gasteiger partial charge in [0.2, 0.25) is 0 Å². The Bertz CT molecular complexity index is 474. The molecule has 0 saturated carbocycles. The van der Waals surface area contributed by atoms with Crippen molar-refractivity contribution in [3.8, 4) is 0 Å². The molecule has 0 heterocycles. The van der Waals surface area contributed by atoms with Gasteiger partial charge in [0.25, 0.3) is 0 Å². The van der Waals surface area contributed by atoms with Gasteiger partial charge in [0.1, 0.15) is 0 Å². The van der Waals surface area contributed by atoms with Crippen LogP contribution in [0.4, 0.5) is 10.5 Å². The summed E-state index contributed by atoms with van der Waals surface area (Å²) in [6, 6.07) is 6.46. The third-order valence-corrected chi connectivity index (χ3v) is 2.83. The van der Waals surface area contributed by atoms with E-state index in [2.05, 4.69) is 5.32 Å². The largest absolute Gasteiger partial charge is 0.481 e. The second-order valence-electron chi connectivity index (χ2n) is 4.72. The number of para-hydroxylation sites is 1. The third-order valence-electron chi connectivity index (χ3n) is 2.83. The van der Waals surface area contributed by atoms with E-state index in [1.807, 2.05) is 0 Å². The van der Waals surface area contributed by atoms with Gasteiger partial charge in [-0.1, -0.05) is 18.2 Å². The third kappa shape index (κ3) is 5.27. The summed E-state index contributed by atoms with van der Waals surface area (Å²) in [5, 5.41) is 20.7. The molecule has 2 amide bonds. The molecule has 1 rings (SSSR count). The van der Waals surface area contributed by atoms with Crippen LogP contribution >= 0.6 is 0 Å². The van der Waals surface area contributed by atoms with Gasteiger partial charge in [-0.15, -0.1) is 0 Å². The Balaban J connectivity index is 2.67. The molecule has 6 heteroatoms. The number of aliphatic hydroxyl groups is 1. The number of nitrogens with zero attached hydrogens (tertiary/aromatic N) is 1. The number of nitrogens with one attached hydrogen (secondary N) is 1. The van der Waals surface area contributed by atoms with Crippen molar-refractivity contribution in [2.45, 2.75) is 25.9 Å². The van der Waals surface area contributed by atoms with Crippen LogP contribution in [0.3, 0.4) is 0 Å². The highest BCUT2D eigenvalue weighted by molar-refractivity contribution is 5.90. The van der Waals surface area contributed by atoms with E-state index in [0.717, 1.165) is 0 Å². The van der Waals surface area contributed by atoms with Gasteiger partial charge in [0.15, 0.2) is 0 Å². The lowest BCUT2D eigenvalue weighted by molar-refractivity contribution is -0.136. The van der Waals surface area contributed by atoms with Crippen LogP contribution < -0.4 is 5.32 Å². The van der Waals surface area contributed by atoms with Crippen LogP contribution in [0, 0.1) is 0 Å². The lowest BCUT2D eigenvalue weighted by Gasteiger charge is -2.19. The fourth-order valence-electron chi connectivity index (χ4n) is 1.65. The zero-order chi connectivity index (χ0) is 15.1. The van der Waals surface area contributed by atoms with Gasteiger partial charge in [0.05, 0.1) is 12.5 Å². The fraction of sp³-hybridized carbons (Fsp3) is 0.429. The van der Waals surface area contributed by atoms with E-state index >= 15 is 0 Å². The number of hydrogen-bond donors (Lipinski definition) is 3.